The van der Waals surface area contributed by atoms with Crippen LogP contribution in [0.2, 0.25) is 0 Å². The van der Waals surface area contributed by atoms with Gasteiger partial charge in [0.05, 0.1) is 23.7 Å². The van der Waals surface area contributed by atoms with Crippen molar-refractivity contribution in [3.05, 3.63) is 125 Å². The van der Waals surface area contributed by atoms with E-state index in [4.69, 9.17) is 4.74 Å². The van der Waals surface area contributed by atoms with Crippen LogP contribution < -0.4 is 15.0 Å². The van der Waals surface area contributed by atoms with Crippen LogP contribution in [0.1, 0.15) is 22.3 Å². The zero-order chi connectivity index (χ0) is 30.4. The summed E-state index contributed by atoms with van der Waals surface area (Å²) < 4.78 is 35.3. The number of carbonyl (C=O) groups excluding carboxylic acids is 2. The molecule has 43 heavy (non-hydrogen) atoms. The van der Waals surface area contributed by atoms with E-state index in [2.05, 4.69) is 5.32 Å². The number of fused-ring (bicyclic) bond motifs is 1. The lowest BCUT2D eigenvalue weighted by Crippen LogP contribution is -2.53. The van der Waals surface area contributed by atoms with Gasteiger partial charge in [-0.15, -0.1) is 0 Å². The Kier molecular flexibility index (Phi) is 9.23. The molecule has 1 atom stereocenters. The summed E-state index contributed by atoms with van der Waals surface area (Å²) >= 11 is 0. The second-order valence-corrected chi connectivity index (χ2v) is 12.5. The third-order valence-electron chi connectivity index (χ3n) is 7.40. The third kappa shape index (κ3) is 7.13. The van der Waals surface area contributed by atoms with Gasteiger partial charge in [0, 0.05) is 13.1 Å². The van der Waals surface area contributed by atoms with Gasteiger partial charge < -0.3 is 15.0 Å². The van der Waals surface area contributed by atoms with Crippen LogP contribution in [-0.2, 0) is 32.6 Å². The Bertz CT molecular complexity index is 1690. The molecule has 0 radical (unpaired) electrons. The zero-order valence-corrected chi connectivity index (χ0v) is 25.1. The van der Waals surface area contributed by atoms with Gasteiger partial charge in [0.15, 0.2) is 6.10 Å². The number of ether oxygens (including phenoxy) is 1. The summed E-state index contributed by atoms with van der Waals surface area (Å²) in [5, 5.41) is 2.91. The molecule has 0 fully saturated rings. The van der Waals surface area contributed by atoms with Gasteiger partial charge in [-0.25, -0.2) is 8.42 Å². The van der Waals surface area contributed by atoms with Crippen LogP contribution >= 0.6 is 0 Å². The van der Waals surface area contributed by atoms with Crippen LogP contribution in [-0.4, -0.2) is 50.3 Å². The number of carbonyl (C=O) groups is 2. The molecule has 1 N–H and O–H groups in total. The minimum atomic E-state index is -4.06. The Balaban J connectivity index is 1.39. The van der Waals surface area contributed by atoms with E-state index in [-0.39, 0.29) is 23.9 Å². The average molecular weight is 598 g/mol. The lowest BCUT2D eigenvalue weighted by Gasteiger charge is -2.35. The van der Waals surface area contributed by atoms with Crippen LogP contribution in [0.25, 0.3) is 0 Å². The molecule has 5 rings (SSSR count). The van der Waals surface area contributed by atoms with Gasteiger partial charge in [0.1, 0.15) is 5.75 Å². The van der Waals surface area contributed by atoms with E-state index in [1.165, 1.54) is 9.21 Å². The third-order valence-corrected chi connectivity index (χ3v) is 9.33. The van der Waals surface area contributed by atoms with Crippen LogP contribution in [0.3, 0.4) is 0 Å². The Morgan fingerprint density at radius 2 is 1.53 bits per heavy atom. The van der Waals surface area contributed by atoms with Crippen molar-refractivity contribution < 1.29 is 22.7 Å². The largest absolute Gasteiger partial charge is 0.477 e. The normalized spacial score (nSPS) is 14.6. The maximum atomic E-state index is 14.0. The first-order chi connectivity index (χ1) is 20.7. The highest BCUT2D eigenvalue weighted by Gasteiger charge is 2.36. The summed E-state index contributed by atoms with van der Waals surface area (Å²) in [6.45, 7) is 3.54. The van der Waals surface area contributed by atoms with Crippen molar-refractivity contribution in [3.8, 4) is 5.75 Å². The van der Waals surface area contributed by atoms with E-state index in [1.807, 2.05) is 73.7 Å². The molecule has 0 aromatic heterocycles. The van der Waals surface area contributed by atoms with Gasteiger partial charge in [-0.05, 0) is 60.7 Å². The number of benzene rings is 4. The number of nitrogens with zero attached hydrogens (tertiary/aromatic N) is 2. The SMILES string of the molecule is Cc1ccc(C)c(S(=O)(=O)N(CC(=O)N2C[C@@H](C(=O)NCCc3ccccc3)Oc3ccccc32)Cc2ccccc2)c1. The van der Waals surface area contributed by atoms with Crippen molar-refractivity contribution in [3.63, 3.8) is 0 Å². The molecule has 1 aliphatic rings. The van der Waals surface area contributed by atoms with Gasteiger partial charge in [-0.3, -0.25) is 9.59 Å². The lowest BCUT2D eigenvalue weighted by molar-refractivity contribution is -0.128. The maximum absolute atomic E-state index is 14.0. The Labute approximate surface area is 253 Å². The minimum Gasteiger partial charge on any atom is -0.477 e. The predicted molar refractivity (Wildman–Crippen MR) is 166 cm³/mol. The van der Waals surface area contributed by atoms with E-state index in [9.17, 15) is 18.0 Å². The summed E-state index contributed by atoms with van der Waals surface area (Å²) in [5.41, 5.74) is 3.74. The first-order valence-electron chi connectivity index (χ1n) is 14.2. The molecule has 9 heteroatoms. The van der Waals surface area contributed by atoms with Crippen LogP contribution in [0.15, 0.2) is 108 Å². The second kappa shape index (κ2) is 13.2. The molecule has 1 aliphatic heterocycles. The molecule has 4 aromatic rings. The quantitative estimate of drug-likeness (QED) is 0.287. The van der Waals surface area contributed by atoms with Crippen molar-refractivity contribution in [2.75, 3.05) is 24.5 Å². The number of rotatable bonds is 10. The van der Waals surface area contributed by atoms with Crippen LogP contribution in [0.5, 0.6) is 5.75 Å². The van der Waals surface area contributed by atoms with Crippen molar-refractivity contribution in [2.45, 2.75) is 37.8 Å². The van der Waals surface area contributed by atoms with Gasteiger partial charge in [0.25, 0.3) is 5.91 Å². The molecule has 2 amide bonds. The molecule has 0 unspecified atom stereocenters. The van der Waals surface area contributed by atoms with Crippen molar-refractivity contribution >= 4 is 27.5 Å². The molecular weight excluding hydrogens is 562 g/mol. The second-order valence-electron chi connectivity index (χ2n) is 10.6. The van der Waals surface area contributed by atoms with Gasteiger partial charge in [0.2, 0.25) is 15.9 Å². The Morgan fingerprint density at radius 3 is 2.26 bits per heavy atom. The van der Waals surface area contributed by atoms with Crippen LogP contribution in [0, 0.1) is 13.8 Å². The lowest BCUT2D eigenvalue weighted by atomic mass is 10.1. The van der Waals surface area contributed by atoms with Crippen molar-refractivity contribution in [2.24, 2.45) is 0 Å². The summed E-state index contributed by atoms with van der Waals surface area (Å²) in [4.78, 5) is 28.8. The number of aryl methyl sites for hydroxylation is 2. The summed E-state index contributed by atoms with van der Waals surface area (Å²) in [6, 6.07) is 31.2. The minimum absolute atomic E-state index is 0.0116. The van der Waals surface area contributed by atoms with Gasteiger partial charge in [-0.2, -0.15) is 4.31 Å². The highest BCUT2D eigenvalue weighted by Crippen LogP contribution is 2.34. The fourth-order valence-electron chi connectivity index (χ4n) is 5.07. The monoisotopic (exact) mass is 597 g/mol. The Morgan fingerprint density at radius 1 is 0.884 bits per heavy atom. The van der Waals surface area contributed by atoms with Crippen molar-refractivity contribution in [1.82, 2.24) is 9.62 Å². The van der Waals surface area contributed by atoms with Crippen LogP contribution in [0.4, 0.5) is 5.69 Å². The number of anilines is 1. The van der Waals surface area contributed by atoms with Gasteiger partial charge >= 0.3 is 0 Å². The molecule has 0 saturated heterocycles. The number of para-hydroxylation sites is 2. The highest BCUT2D eigenvalue weighted by molar-refractivity contribution is 7.89. The molecule has 8 nitrogen and oxygen atoms in total. The predicted octanol–water partition coefficient (Wildman–Crippen LogP) is 4.65. The number of amides is 2. The fourth-order valence-corrected chi connectivity index (χ4v) is 6.76. The molecule has 0 saturated carbocycles. The van der Waals surface area contributed by atoms with E-state index in [0.717, 1.165) is 16.7 Å². The zero-order valence-electron chi connectivity index (χ0n) is 24.3. The molecule has 0 bridgehead atoms. The van der Waals surface area contributed by atoms with E-state index in [1.54, 1.807) is 43.3 Å². The van der Waals surface area contributed by atoms with Gasteiger partial charge in [-0.1, -0.05) is 84.9 Å². The molecule has 222 valence electrons. The summed E-state index contributed by atoms with van der Waals surface area (Å²) in [5.74, 6) is -0.410. The standard InChI is InChI=1S/C34H35N3O5S/c1-25-17-18-26(2)32(21-25)43(40,41)36(22-28-13-7-4-8-14-28)24-33(38)37-23-31(42-30-16-10-9-15-29(30)37)34(39)35-20-19-27-11-5-3-6-12-27/h3-18,21,31H,19-20,22-24H2,1-2H3,(H,35,39)/t31-/m0/s1. The molecule has 1 heterocycles. The topological polar surface area (TPSA) is 96.0 Å². The van der Waals surface area contributed by atoms with E-state index in [0.29, 0.717) is 30.0 Å². The number of nitrogens with one attached hydrogen (secondary N) is 1. The summed E-state index contributed by atoms with van der Waals surface area (Å²) in [6.07, 6.45) is -0.295. The number of hydrogen-bond donors (Lipinski definition) is 1. The Hall–Kier alpha value is -4.47. The average Bonchev–Trinajstić information content (AvgIpc) is 3.02. The molecule has 4 aromatic carbocycles. The highest BCUT2D eigenvalue weighted by atomic mass is 32.2. The first-order valence-corrected chi connectivity index (χ1v) is 15.7. The first kappa shape index (κ1) is 30.0. The van der Waals surface area contributed by atoms with E-state index < -0.39 is 28.6 Å². The number of sulfonamides is 1. The fraction of sp³-hybridized carbons (Fsp3) is 0.235. The maximum Gasteiger partial charge on any atom is 0.262 e. The summed E-state index contributed by atoms with van der Waals surface area (Å²) in [7, 11) is -4.06. The molecule has 0 spiro atoms. The molecular formula is C34H35N3O5S. The van der Waals surface area contributed by atoms with Crippen molar-refractivity contribution in [1.29, 1.82) is 0 Å². The smallest absolute Gasteiger partial charge is 0.262 e. The number of hydrogen-bond acceptors (Lipinski definition) is 5. The van der Waals surface area contributed by atoms with E-state index >= 15 is 0 Å². The molecule has 0 aliphatic carbocycles.